The smallest absolute Gasteiger partial charge is 0.197 e. The van der Waals surface area contributed by atoms with Crippen molar-refractivity contribution in [2.45, 2.75) is 19.8 Å². The topological polar surface area (TPSA) is 51.0 Å². The summed E-state index contributed by atoms with van der Waals surface area (Å²) in [5.41, 5.74) is 1.01. The second-order valence-corrected chi connectivity index (χ2v) is 3.88. The number of hydrogen-bond donors (Lipinski definition) is 1. The summed E-state index contributed by atoms with van der Waals surface area (Å²) >= 11 is 0. The molecule has 16 heavy (non-hydrogen) atoms. The fourth-order valence-corrected chi connectivity index (χ4v) is 1.41. The van der Waals surface area contributed by atoms with Crippen LogP contribution in [0.2, 0.25) is 0 Å². The molecule has 4 heteroatoms. The van der Waals surface area contributed by atoms with Gasteiger partial charge >= 0.3 is 0 Å². The van der Waals surface area contributed by atoms with E-state index in [9.17, 15) is 0 Å². The van der Waals surface area contributed by atoms with Crippen molar-refractivity contribution < 1.29 is 4.42 Å². The summed E-state index contributed by atoms with van der Waals surface area (Å²) < 4.78 is 5.30. The normalized spacial score (nSPS) is 10.8. The van der Waals surface area contributed by atoms with Gasteiger partial charge < -0.3 is 9.73 Å². The molecule has 0 aromatic carbocycles. The predicted molar refractivity (Wildman–Crippen MR) is 63.4 cm³/mol. The predicted octanol–water partition coefficient (Wildman–Crippen LogP) is 2.90. The van der Waals surface area contributed by atoms with Crippen LogP contribution in [0.3, 0.4) is 0 Å². The molecule has 0 amide bonds. The molecule has 2 aromatic rings. The van der Waals surface area contributed by atoms with Crippen LogP contribution < -0.4 is 5.32 Å². The Morgan fingerprint density at radius 1 is 1.31 bits per heavy atom. The van der Waals surface area contributed by atoms with Crippen molar-refractivity contribution in [3.63, 3.8) is 0 Å². The maximum atomic E-state index is 5.30. The third-order valence-electron chi connectivity index (χ3n) is 2.34. The molecule has 0 saturated carbocycles. The molecule has 0 aliphatic rings. The number of hydrogen-bond acceptors (Lipinski definition) is 4. The van der Waals surface area contributed by atoms with Gasteiger partial charge in [0.15, 0.2) is 11.6 Å². The maximum Gasteiger partial charge on any atom is 0.197 e. The molecular weight excluding hydrogens is 202 g/mol. The van der Waals surface area contributed by atoms with Gasteiger partial charge in [-0.3, -0.25) is 0 Å². The van der Waals surface area contributed by atoms with E-state index in [1.165, 1.54) is 0 Å². The van der Waals surface area contributed by atoms with Crippen LogP contribution in [0.4, 0.5) is 5.82 Å². The zero-order valence-corrected chi connectivity index (χ0v) is 9.69. The van der Waals surface area contributed by atoms with E-state index in [-0.39, 0.29) is 0 Å². The molecule has 0 aliphatic heterocycles. The number of rotatable bonds is 3. The molecule has 2 rings (SSSR count). The summed E-state index contributed by atoms with van der Waals surface area (Å²) in [6.45, 7) is 4.21. The van der Waals surface area contributed by atoms with E-state index >= 15 is 0 Å². The minimum atomic E-state index is 0.365. The van der Waals surface area contributed by atoms with E-state index in [1.807, 2.05) is 25.2 Å². The SMILES string of the molecule is CNc1cc(C(C)C)nc(-c2ccco2)n1. The highest BCUT2D eigenvalue weighted by atomic mass is 16.3. The van der Waals surface area contributed by atoms with E-state index in [4.69, 9.17) is 4.42 Å². The molecule has 0 saturated heterocycles. The molecule has 0 spiro atoms. The Kier molecular flexibility index (Phi) is 2.90. The van der Waals surface area contributed by atoms with E-state index in [0.717, 1.165) is 11.5 Å². The Morgan fingerprint density at radius 2 is 2.12 bits per heavy atom. The van der Waals surface area contributed by atoms with Crippen molar-refractivity contribution in [3.8, 4) is 11.6 Å². The standard InChI is InChI=1S/C12H15N3O/c1-8(2)9-7-11(13-3)15-12(14-9)10-5-4-6-16-10/h4-8H,1-3H3,(H,13,14,15). The zero-order chi connectivity index (χ0) is 11.5. The average Bonchev–Trinajstić information content (AvgIpc) is 2.81. The lowest BCUT2D eigenvalue weighted by atomic mass is 10.1. The van der Waals surface area contributed by atoms with Gasteiger partial charge in [0.2, 0.25) is 0 Å². The fraction of sp³-hybridized carbons (Fsp3) is 0.333. The van der Waals surface area contributed by atoms with E-state index in [2.05, 4.69) is 29.1 Å². The Morgan fingerprint density at radius 3 is 2.69 bits per heavy atom. The largest absolute Gasteiger partial charge is 0.461 e. The summed E-state index contributed by atoms with van der Waals surface area (Å²) in [6, 6.07) is 5.65. The van der Waals surface area contributed by atoms with Crippen molar-refractivity contribution >= 4 is 5.82 Å². The van der Waals surface area contributed by atoms with Gasteiger partial charge in [-0.25, -0.2) is 9.97 Å². The first kappa shape index (κ1) is 10.7. The van der Waals surface area contributed by atoms with Crippen LogP contribution in [0.25, 0.3) is 11.6 Å². The van der Waals surface area contributed by atoms with Gasteiger partial charge in [-0.05, 0) is 18.1 Å². The quantitative estimate of drug-likeness (QED) is 0.858. The summed E-state index contributed by atoms with van der Waals surface area (Å²) in [7, 11) is 1.85. The average molecular weight is 217 g/mol. The van der Waals surface area contributed by atoms with Gasteiger partial charge in [-0.2, -0.15) is 0 Å². The Hall–Kier alpha value is -1.84. The molecule has 0 bridgehead atoms. The van der Waals surface area contributed by atoms with Crippen LogP contribution in [-0.2, 0) is 0 Å². The molecule has 1 N–H and O–H groups in total. The van der Waals surface area contributed by atoms with Crippen molar-refractivity contribution in [1.82, 2.24) is 9.97 Å². The molecule has 2 aromatic heterocycles. The second-order valence-electron chi connectivity index (χ2n) is 3.88. The molecule has 0 atom stereocenters. The van der Waals surface area contributed by atoms with Gasteiger partial charge in [-0.15, -0.1) is 0 Å². The number of anilines is 1. The van der Waals surface area contributed by atoms with Gasteiger partial charge in [-0.1, -0.05) is 13.8 Å². The minimum Gasteiger partial charge on any atom is -0.461 e. The van der Waals surface area contributed by atoms with Gasteiger partial charge in [0, 0.05) is 18.8 Å². The van der Waals surface area contributed by atoms with Crippen molar-refractivity contribution in [1.29, 1.82) is 0 Å². The highest BCUT2D eigenvalue weighted by Gasteiger charge is 2.10. The highest BCUT2D eigenvalue weighted by molar-refractivity contribution is 5.51. The first-order chi connectivity index (χ1) is 7.70. The molecule has 0 aliphatic carbocycles. The molecule has 0 radical (unpaired) electrons. The minimum absolute atomic E-state index is 0.365. The Labute approximate surface area is 94.7 Å². The first-order valence-electron chi connectivity index (χ1n) is 5.31. The van der Waals surface area contributed by atoms with Gasteiger partial charge in [0.1, 0.15) is 5.82 Å². The lowest BCUT2D eigenvalue weighted by Crippen LogP contribution is -2.01. The summed E-state index contributed by atoms with van der Waals surface area (Å²) in [5, 5.41) is 3.03. The third kappa shape index (κ3) is 2.05. The van der Waals surface area contributed by atoms with Crippen molar-refractivity contribution in [2.24, 2.45) is 0 Å². The van der Waals surface area contributed by atoms with Crippen LogP contribution in [0.1, 0.15) is 25.5 Å². The number of nitrogens with one attached hydrogen (secondary N) is 1. The summed E-state index contributed by atoms with van der Waals surface area (Å²) in [4.78, 5) is 8.84. The van der Waals surface area contributed by atoms with Crippen LogP contribution in [0.15, 0.2) is 28.9 Å². The Bertz CT molecular complexity index is 463. The molecular formula is C12H15N3O. The first-order valence-corrected chi connectivity index (χ1v) is 5.31. The molecule has 4 nitrogen and oxygen atoms in total. The molecule has 84 valence electrons. The maximum absolute atomic E-state index is 5.30. The number of aromatic nitrogens is 2. The number of furan rings is 1. The van der Waals surface area contributed by atoms with Gasteiger partial charge in [0.25, 0.3) is 0 Å². The Balaban J connectivity index is 2.49. The zero-order valence-electron chi connectivity index (χ0n) is 9.69. The fourth-order valence-electron chi connectivity index (χ4n) is 1.41. The summed E-state index contributed by atoms with van der Waals surface area (Å²) in [6.07, 6.45) is 1.62. The van der Waals surface area contributed by atoms with E-state index < -0.39 is 0 Å². The lowest BCUT2D eigenvalue weighted by molar-refractivity contribution is 0.576. The van der Waals surface area contributed by atoms with E-state index in [0.29, 0.717) is 17.5 Å². The molecule has 0 unspecified atom stereocenters. The van der Waals surface area contributed by atoms with Crippen LogP contribution >= 0.6 is 0 Å². The monoisotopic (exact) mass is 217 g/mol. The van der Waals surface area contributed by atoms with Crippen LogP contribution in [0.5, 0.6) is 0 Å². The molecule has 2 heterocycles. The highest BCUT2D eigenvalue weighted by Crippen LogP contribution is 2.21. The number of nitrogens with zero attached hydrogens (tertiary/aromatic N) is 2. The molecule has 0 fully saturated rings. The van der Waals surface area contributed by atoms with Crippen molar-refractivity contribution in [3.05, 3.63) is 30.2 Å². The lowest BCUT2D eigenvalue weighted by Gasteiger charge is -2.08. The van der Waals surface area contributed by atoms with Crippen LogP contribution in [0, 0.1) is 0 Å². The second kappa shape index (κ2) is 4.35. The summed E-state index contributed by atoms with van der Waals surface area (Å²) in [5.74, 6) is 2.49. The van der Waals surface area contributed by atoms with Crippen LogP contribution in [-0.4, -0.2) is 17.0 Å². The van der Waals surface area contributed by atoms with Crippen molar-refractivity contribution in [2.75, 3.05) is 12.4 Å². The third-order valence-corrected chi connectivity index (χ3v) is 2.34. The van der Waals surface area contributed by atoms with Gasteiger partial charge in [0.05, 0.1) is 6.26 Å². The van der Waals surface area contributed by atoms with E-state index in [1.54, 1.807) is 6.26 Å².